The lowest BCUT2D eigenvalue weighted by Crippen LogP contribution is -2.32. The van der Waals surface area contributed by atoms with Crippen LogP contribution in [0.1, 0.15) is 24.6 Å². The Morgan fingerprint density at radius 3 is 2.67 bits per heavy atom. The SMILES string of the molecule is CSc1ccc([C@H]2N(c3cccc(Cl)c3)C(=O)[C@@H]3CCCN32)cc1. The van der Waals surface area contributed by atoms with E-state index in [0.29, 0.717) is 5.02 Å². The molecule has 0 N–H and O–H groups in total. The Morgan fingerprint density at radius 2 is 1.96 bits per heavy atom. The van der Waals surface area contributed by atoms with Gasteiger partial charge in [0.25, 0.3) is 0 Å². The van der Waals surface area contributed by atoms with Crippen molar-refractivity contribution < 1.29 is 4.79 Å². The van der Waals surface area contributed by atoms with Crippen LogP contribution in [-0.2, 0) is 4.79 Å². The molecule has 0 bridgehead atoms. The molecule has 2 fully saturated rings. The molecule has 2 aliphatic rings. The maximum absolute atomic E-state index is 13.0. The molecule has 124 valence electrons. The highest BCUT2D eigenvalue weighted by Crippen LogP contribution is 2.43. The second-order valence-corrected chi connectivity index (χ2v) is 7.55. The maximum atomic E-state index is 13.0. The van der Waals surface area contributed by atoms with E-state index >= 15 is 0 Å². The van der Waals surface area contributed by atoms with Gasteiger partial charge in [-0.25, -0.2) is 0 Å². The molecule has 0 saturated carbocycles. The first kappa shape index (κ1) is 16.0. The Hall–Kier alpha value is -1.49. The van der Waals surface area contributed by atoms with Crippen LogP contribution in [0.3, 0.4) is 0 Å². The number of nitrogens with zero attached hydrogens (tertiary/aromatic N) is 2. The maximum Gasteiger partial charge on any atom is 0.246 e. The van der Waals surface area contributed by atoms with E-state index in [9.17, 15) is 4.79 Å². The van der Waals surface area contributed by atoms with Gasteiger partial charge in [0.2, 0.25) is 5.91 Å². The molecule has 2 saturated heterocycles. The van der Waals surface area contributed by atoms with Gasteiger partial charge in [0, 0.05) is 22.2 Å². The van der Waals surface area contributed by atoms with E-state index in [0.717, 1.165) is 30.6 Å². The van der Waals surface area contributed by atoms with Crippen LogP contribution in [0.5, 0.6) is 0 Å². The summed E-state index contributed by atoms with van der Waals surface area (Å²) in [5.74, 6) is 0.189. The van der Waals surface area contributed by atoms with Crippen molar-refractivity contribution in [3.05, 3.63) is 59.1 Å². The van der Waals surface area contributed by atoms with E-state index < -0.39 is 0 Å². The molecular weight excluding hydrogens is 340 g/mol. The molecule has 0 radical (unpaired) electrons. The summed E-state index contributed by atoms with van der Waals surface area (Å²) in [6, 6.07) is 16.1. The standard InChI is InChI=1S/C19H19ClN2OS/c1-24-16-9-7-13(8-10-16)18-21-11-3-6-17(21)19(23)22(18)15-5-2-4-14(20)12-15/h2,4-5,7-10,12,17-18H,3,6,11H2,1H3/t17-,18+/m0/s1. The first-order valence-corrected chi connectivity index (χ1v) is 9.77. The Labute approximate surface area is 151 Å². The number of carbonyl (C=O) groups is 1. The van der Waals surface area contributed by atoms with Crippen molar-refractivity contribution in [3.8, 4) is 0 Å². The summed E-state index contributed by atoms with van der Waals surface area (Å²) in [5.41, 5.74) is 2.03. The second kappa shape index (κ2) is 6.43. The molecular formula is C19H19ClN2OS. The molecule has 0 aliphatic carbocycles. The Morgan fingerprint density at radius 1 is 1.17 bits per heavy atom. The summed E-state index contributed by atoms with van der Waals surface area (Å²) in [6.45, 7) is 0.961. The highest BCUT2D eigenvalue weighted by molar-refractivity contribution is 7.98. The van der Waals surface area contributed by atoms with Gasteiger partial charge in [-0.15, -0.1) is 11.8 Å². The molecule has 2 atom stereocenters. The lowest BCUT2D eigenvalue weighted by Gasteiger charge is -2.30. The van der Waals surface area contributed by atoms with Gasteiger partial charge in [-0.05, 0) is 55.0 Å². The summed E-state index contributed by atoms with van der Waals surface area (Å²) in [6.07, 6.45) is 4.05. The molecule has 0 unspecified atom stereocenters. The first-order chi connectivity index (χ1) is 11.7. The zero-order valence-corrected chi connectivity index (χ0v) is 15.1. The Kier molecular flexibility index (Phi) is 4.29. The fraction of sp³-hybridized carbons (Fsp3) is 0.316. The van der Waals surface area contributed by atoms with E-state index in [1.165, 1.54) is 4.90 Å². The largest absolute Gasteiger partial charge is 0.290 e. The molecule has 2 aromatic rings. The first-order valence-electron chi connectivity index (χ1n) is 8.17. The molecule has 5 heteroatoms. The smallest absolute Gasteiger partial charge is 0.246 e. The van der Waals surface area contributed by atoms with Crippen molar-refractivity contribution in [1.29, 1.82) is 0 Å². The number of hydrogen-bond acceptors (Lipinski definition) is 3. The number of benzene rings is 2. The summed E-state index contributed by atoms with van der Waals surface area (Å²) >= 11 is 7.90. The van der Waals surface area contributed by atoms with Crippen molar-refractivity contribution in [1.82, 2.24) is 4.90 Å². The number of hydrogen-bond donors (Lipinski definition) is 0. The number of carbonyl (C=O) groups excluding carboxylic acids is 1. The molecule has 1 amide bonds. The van der Waals surface area contributed by atoms with Crippen LogP contribution >= 0.6 is 23.4 Å². The van der Waals surface area contributed by atoms with Crippen LogP contribution in [-0.4, -0.2) is 29.6 Å². The molecule has 0 spiro atoms. The summed E-state index contributed by atoms with van der Waals surface area (Å²) in [4.78, 5) is 18.5. The van der Waals surface area contributed by atoms with Gasteiger partial charge in [-0.1, -0.05) is 29.8 Å². The van der Waals surface area contributed by atoms with Crippen molar-refractivity contribution in [2.24, 2.45) is 0 Å². The molecule has 4 rings (SSSR count). The summed E-state index contributed by atoms with van der Waals surface area (Å²) < 4.78 is 0. The molecule has 2 heterocycles. The predicted molar refractivity (Wildman–Crippen MR) is 99.6 cm³/mol. The van der Waals surface area contributed by atoms with E-state index in [1.54, 1.807) is 11.8 Å². The van der Waals surface area contributed by atoms with Gasteiger partial charge < -0.3 is 0 Å². The van der Waals surface area contributed by atoms with E-state index in [1.807, 2.05) is 29.2 Å². The van der Waals surface area contributed by atoms with Gasteiger partial charge in [-0.2, -0.15) is 0 Å². The number of fused-ring (bicyclic) bond motifs is 1. The summed E-state index contributed by atoms with van der Waals surface area (Å²) in [5, 5.41) is 0.656. The number of anilines is 1. The molecule has 2 aromatic carbocycles. The zero-order chi connectivity index (χ0) is 16.7. The quantitative estimate of drug-likeness (QED) is 0.751. The van der Waals surface area contributed by atoms with Gasteiger partial charge >= 0.3 is 0 Å². The Balaban J connectivity index is 1.78. The van der Waals surface area contributed by atoms with Crippen LogP contribution in [0.2, 0.25) is 5.02 Å². The number of amides is 1. The van der Waals surface area contributed by atoms with E-state index in [2.05, 4.69) is 35.4 Å². The van der Waals surface area contributed by atoms with Gasteiger partial charge in [0.05, 0.1) is 6.04 Å². The fourth-order valence-corrected chi connectivity index (χ4v) is 4.38. The van der Waals surface area contributed by atoms with E-state index in [4.69, 9.17) is 11.6 Å². The number of thioether (sulfide) groups is 1. The van der Waals surface area contributed by atoms with Gasteiger partial charge in [0.1, 0.15) is 6.17 Å². The monoisotopic (exact) mass is 358 g/mol. The minimum atomic E-state index is -0.0422. The number of halogens is 1. The van der Waals surface area contributed by atoms with Crippen molar-refractivity contribution >= 4 is 35.0 Å². The van der Waals surface area contributed by atoms with Crippen LogP contribution in [0, 0.1) is 0 Å². The van der Waals surface area contributed by atoms with Gasteiger partial charge in [-0.3, -0.25) is 14.6 Å². The average Bonchev–Trinajstić information content (AvgIpc) is 3.17. The topological polar surface area (TPSA) is 23.6 Å². The molecule has 3 nitrogen and oxygen atoms in total. The molecule has 0 aromatic heterocycles. The van der Waals surface area contributed by atoms with E-state index in [-0.39, 0.29) is 18.1 Å². The zero-order valence-electron chi connectivity index (χ0n) is 13.5. The average molecular weight is 359 g/mol. The third-order valence-corrected chi connectivity index (χ3v) is 5.85. The second-order valence-electron chi connectivity index (χ2n) is 6.23. The van der Waals surface area contributed by atoms with Crippen LogP contribution in [0.25, 0.3) is 0 Å². The highest BCUT2D eigenvalue weighted by Gasteiger charge is 2.49. The predicted octanol–water partition coefficient (Wildman–Crippen LogP) is 4.57. The minimum Gasteiger partial charge on any atom is -0.290 e. The van der Waals surface area contributed by atoms with Crippen LogP contribution in [0.4, 0.5) is 5.69 Å². The van der Waals surface area contributed by atoms with Crippen LogP contribution < -0.4 is 4.90 Å². The van der Waals surface area contributed by atoms with Gasteiger partial charge in [0.15, 0.2) is 0 Å². The third-order valence-electron chi connectivity index (χ3n) is 4.88. The minimum absolute atomic E-state index is 0.00536. The normalized spacial score (nSPS) is 23.8. The van der Waals surface area contributed by atoms with Crippen molar-refractivity contribution in [3.63, 3.8) is 0 Å². The fourth-order valence-electron chi connectivity index (χ4n) is 3.79. The third kappa shape index (κ3) is 2.63. The Bertz CT molecular complexity index is 764. The van der Waals surface area contributed by atoms with Crippen molar-refractivity contribution in [2.75, 3.05) is 17.7 Å². The lowest BCUT2D eigenvalue weighted by atomic mass is 10.1. The van der Waals surface area contributed by atoms with Crippen LogP contribution in [0.15, 0.2) is 53.4 Å². The lowest BCUT2D eigenvalue weighted by molar-refractivity contribution is -0.119. The molecule has 2 aliphatic heterocycles. The molecule has 24 heavy (non-hydrogen) atoms. The van der Waals surface area contributed by atoms with Crippen molar-refractivity contribution in [2.45, 2.75) is 29.9 Å². The highest BCUT2D eigenvalue weighted by atomic mass is 35.5. The number of rotatable bonds is 3. The summed E-state index contributed by atoms with van der Waals surface area (Å²) in [7, 11) is 0.